The number of benzene rings is 1. The second-order valence-electron chi connectivity index (χ2n) is 4.89. The SMILES string of the molecule is CN(CCNc1ccc(N)c(CC#N)c1)C1CC1. The maximum atomic E-state index is 8.72. The number of hydrogen-bond donors (Lipinski definition) is 2. The average molecular weight is 244 g/mol. The number of likely N-dealkylation sites (N-methyl/N-ethyl adjacent to an activating group) is 1. The minimum absolute atomic E-state index is 0.364. The highest BCUT2D eigenvalue weighted by Gasteiger charge is 2.25. The monoisotopic (exact) mass is 244 g/mol. The van der Waals surface area contributed by atoms with Gasteiger partial charge < -0.3 is 16.0 Å². The van der Waals surface area contributed by atoms with Crippen LogP contribution < -0.4 is 11.1 Å². The van der Waals surface area contributed by atoms with Crippen LogP contribution in [0.15, 0.2) is 18.2 Å². The predicted octanol–water partition coefficient (Wildman–Crippen LogP) is 1.84. The van der Waals surface area contributed by atoms with E-state index in [1.807, 2.05) is 18.2 Å². The highest BCUT2D eigenvalue weighted by Crippen LogP contribution is 2.25. The molecule has 1 aliphatic rings. The quantitative estimate of drug-likeness (QED) is 0.749. The van der Waals surface area contributed by atoms with Crippen molar-refractivity contribution >= 4 is 11.4 Å². The van der Waals surface area contributed by atoms with Crippen molar-refractivity contribution in [2.75, 3.05) is 31.2 Å². The molecule has 0 aromatic heterocycles. The molecule has 4 heteroatoms. The highest BCUT2D eigenvalue weighted by atomic mass is 15.2. The van der Waals surface area contributed by atoms with E-state index in [2.05, 4.69) is 23.3 Å². The second-order valence-corrected chi connectivity index (χ2v) is 4.89. The van der Waals surface area contributed by atoms with E-state index >= 15 is 0 Å². The van der Waals surface area contributed by atoms with E-state index in [-0.39, 0.29) is 0 Å². The van der Waals surface area contributed by atoms with Crippen LogP contribution >= 0.6 is 0 Å². The van der Waals surface area contributed by atoms with Crippen molar-refractivity contribution in [3.63, 3.8) is 0 Å². The lowest BCUT2D eigenvalue weighted by molar-refractivity contribution is 0.337. The Morgan fingerprint density at radius 2 is 2.28 bits per heavy atom. The molecule has 2 rings (SSSR count). The molecule has 0 spiro atoms. The van der Waals surface area contributed by atoms with Gasteiger partial charge in [-0.1, -0.05) is 0 Å². The first-order valence-corrected chi connectivity index (χ1v) is 6.40. The Morgan fingerprint density at radius 3 is 2.94 bits per heavy atom. The largest absolute Gasteiger partial charge is 0.398 e. The number of nitrogens with zero attached hydrogens (tertiary/aromatic N) is 2. The van der Waals surface area contributed by atoms with E-state index in [1.54, 1.807) is 0 Å². The predicted molar refractivity (Wildman–Crippen MR) is 74.3 cm³/mol. The summed E-state index contributed by atoms with van der Waals surface area (Å²) in [5.74, 6) is 0. The molecule has 0 amide bonds. The molecule has 0 atom stereocenters. The third-order valence-electron chi connectivity index (χ3n) is 3.38. The number of nitrogens with two attached hydrogens (primary N) is 1. The fourth-order valence-corrected chi connectivity index (χ4v) is 2.03. The lowest BCUT2D eigenvalue weighted by atomic mass is 10.1. The van der Waals surface area contributed by atoms with Gasteiger partial charge in [0, 0.05) is 30.5 Å². The number of rotatable bonds is 6. The van der Waals surface area contributed by atoms with Crippen molar-refractivity contribution in [1.82, 2.24) is 4.90 Å². The first kappa shape index (κ1) is 12.7. The van der Waals surface area contributed by atoms with Gasteiger partial charge in [-0.05, 0) is 43.7 Å². The first-order chi connectivity index (χ1) is 8.70. The van der Waals surface area contributed by atoms with Gasteiger partial charge in [0.05, 0.1) is 12.5 Å². The molecule has 1 fully saturated rings. The molecule has 0 unspecified atom stereocenters. The number of nitrogens with one attached hydrogen (secondary N) is 1. The molecular formula is C14H20N4. The van der Waals surface area contributed by atoms with Crippen molar-refractivity contribution in [2.45, 2.75) is 25.3 Å². The van der Waals surface area contributed by atoms with Crippen molar-refractivity contribution < 1.29 is 0 Å². The Bertz CT molecular complexity index is 446. The summed E-state index contributed by atoms with van der Waals surface area (Å²) in [5, 5.41) is 12.1. The Kier molecular flexibility index (Phi) is 4.06. The van der Waals surface area contributed by atoms with Crippen molar-refractivity contribution in [2.24, 2.45) is 0 Å². The Balaban J connectivity index is 1.85. The van der Waals surface area contributed by atoms with Gasteiger partial charge in [0.1, 0.15) is 0 Å². The minimum Gasteiger partial charge on any atom is -0.398 e. The standard InChI is InChI=1S/C14H20N4/c1-18(13-3-4-13)9-8-17-12-2-5-14(16)11(10-12)6-7-15/h2,5,10,13,17H,3-4,6,8-9,16H2,1H3. The molecule has 0 saturated heterocycles. The maximum absolute atomic E-state index is 8.72. The summed E-state index contributed by atoms with van der Waals surface area (Å²) in [6, 6.07) is 8.73. The number of anilines is 2. The summed E-state index contributed by atoms with van der Waals surface area (Å²) >= 11 is 0. The molecule has 1 saturated carbocycles. The van der Waals surface area contributed by atoms with Gasteiger partial charge in [0.25, 0.3) is 0 Å². The van der Waals surface area contributed by atoms with Gasteiger partial charge >= 0.3 is 0 Å². The third kappa shape index (κ3) is 3.38. The van der Waals surface area contributed by atoms with Gasteiger partial charge in [-0.3, -0.25) is 0 Å². The van der Waals surface area contributed by atoms with Crippen molar-refractivity contribution in [1.29, 1.82) is 5.26 Å². The minimum atomic E-state index is 0.364. The Morgan fingerprint density at radius 1 is 1.50 bits per heavy atom. The van der Waals surface area contributed by atoms with Crippen LogP contribution in [0.1, 0.15) is 18.4 Å². The Labute approximate surface area is 108 Å². The summed E-state index contributed by atoms with van der Waals surface area (Å²) < 4.78 is 0. The van der Waals surface area contributed by atoms with E-state index in [0.717, 1.165) is 30.4 Å². The van der Waals surface area contributed by atoms with Gasteiger partial charge in [-0.2, -0.15) is 5.26 Å². The van der Waals surface area contributed by atoms with E-state index in [1.165, 1.54) is 12.8 Å². The van der Waals surface area contributed by atoms with E-state index < -0.39 is 0 Å². The van der Waals surface area contributed by atoms with Crippen LogP contribution in [0.4, 0.5) is 11.4 Å². The van der Waals surface area contributed by atoms with E-state index in [9.17, 15) is 0 Å². The zero-order valence-corrected chi connectivity index (χ0v) is 10.8. The average Bonchev–Trinajstić information content (AvgIpc) is 3.17. The molecule has 1 aromatic carbocycles. The zero-order valence-electron chi connectivity index (χ0n) is 10.8. The van der Waals surface area contributed by atoms with Crippen LogP contribution in [-0.2, 0) is 6.42 Å². The summed E-state index contributed by atoms with van der Waals surface area (Å²) in [5.41, 5.74) is 8.45. The molecule has 0 radical (unpaired) electrons. The van der Waals surface area contributed by atoms with Gasteiger partial charge in [0.15, 0.2) is 0 Å². The molecule has 4 nitrogen and oxygen atoms in total. The van der Waals surface area contributed by atoms with Gasteiger partial charge in [-0.15, -0.1) is 0 Å². The van der Waals surface area contributed by atoms with Gasteiger partial charge in [-0.25, -0.2) is 0 Å². The van der Waals surface area contributed by atoms with E-state index in [0.29, 0.717) is 12.1 Å². The Hall–Kier alpha value is -1.73. The summed E-state index contributed by atoms with van der Waals surface area (Å²) in [4.78, 5) is 2.39. The van der Waals surface area contributed by atoms with Crippen molar-refractivity contribution in [3.05, 3.63) is 23.8 Å². The van der Waals surface area contributed by atoms with Crippen molar-refractivity contribution in [3.8, 4) is 6.07 Å². The second kappa shape index (κ2) is 5.74. The number of nitriles is 1. The molecular weight excluding hydrogens is 224 g/mol. The molecule has 3 N–H and O–H groups in total. The number of nitrogen functional groups attached to an aromatic ring is 1. The van der Waals surface area contributed by atoms with E-state index in [4.69, 9.17) is 11.0 Å². The van der Waals surface area contributed by atoms with Crippen LogP contribution in [0.2, 0.25) is 0 Å². The molecule has 96 valence electrons. The lowest BCUT2D eigenvalue weighted by Crippen LogP contribution is -2.27. The van der Waals surface area contributed by atoms with Gasteiger partial charge in [0.2, 0.25) is 0 Å². The fourth-order valence-electron chi connectivity index (χ4n) is 2.03. The number of hydrogen-bond acceptors (Lipinski definition) is 4. The zero-order chi connectivity index (χ0) is 13.0. The maximum Gasteiger partial charge on any atom is 0.0670 e. The third-order valence-corrected chi connectivity index (χ3v) is 3.38. The van der Waals surface area contributed by atoms with Crippen LogP contribution in [0.5, 0.6) is 0 Å². The fraction of sp³-hybridized carbons (Fsp3) is 0.500. The van der Waals surface area contributed by atoms with Crippen LogP contribution in [0.3, 0.4) is 0 Å². The molecule has 0 heterocycles. The smallest absolute Gasteiger partial charge is 0.0670 e. The summed E-state index contributed by atoms with van der Waals surface area (Å²) in [6.07, 6.45) is 3.04. The van der Waals surface area contributed by atoms with Crippen LogP contribution in [0.25, 0.3) is 0 Å². The highest BCUT2D eigenvalue weighted by molar-refractivity contribution is 5.58. The first-order valence-electron chi connectivity index (χ1n) is 6.40. The molecule has 1 aliphatic carbocycles. The molecule has 1 aromatic rings. The summed E-state index contributed by atoms with van der Waals surface area (Å²) in [6.45, 7) is 1.96. The summed E-state index contributed by atoms with van der Waals surface area (Å²) in [7, 11) is 2.17. The van der Waals surface area contributed by atoms with Crippen LogP contribution in [-0.4, -0.2) is 31.1 Å². The lowest BCUT2D eigenvalue weighted by Gasteiger charge is -2.16. The molecule has 0 bridgehead atoms. The molecule has 0 aliphatic heterocycles. The normalized spacial score (nSPS) is 14.5. The topological polar surface area (TPSA) is 65.1 Å². The van der Waals surface area contributed by atoms with Crippen LogP contribution in [0, 0.1) is 11.3 Å². The molecule has 18 heavy (non-hydrogen) atoms.